The number of aliphatic hydroxyl groups is 1. The molecule has 112 valence electrons. The van der Waals surface area contributed by atoms with Crippen LogP contribution in [0.15, 0.2) is 0 Å². The summed E-state index contributed by atoms with van der Waals surface area (Å²) in [5.41, 5.74) is -1.56. The predicted octanol–water partition coefficient (Wildman–Crippen LogP) is 1.60. The number of esters is 1. The highest BCUT2D eigenvalue weighted by atomic mass is 16.6. The van der Waals surface area contributed by atoms with Crippen molar-refractivity contribution < 1.29 is 26.9 Å². The minimum absolute atomic E-state index is 0.638. The highest BCUT2D eigenvalue weighted by molar-refractivity contribution is 5.81. The minimum atomic E-state index is -2.63. The second-order valence-corrected chi connectivity index (χ2v) is 6.09. The van der Waals surface area contributed by atoms with Gasteiger partial charge in [-0.15, -0.1) is 0 Å². The van der Waals surface area contributed by atoms with E-state index in [1.807, 2.05) is 0 Å². The molecule has 0 fully saturated rings. The number of nitrogens with one attached hydrogen (secondary N) is 1. The quantitative estimate of drug-likeness (QED) is 0.762. The average Bonchev–Trinajstić information content (AvgIpc) is 2.07. The van der Waals surface area contributed by atoms with Gasteiger partial charge in [0.1, 0.15) is 17.2 Å². The van der Waals surface area contributed by atoms with Gasteiger partial charge in [-0.05, 0) is 41.5 Å². The number of ether oxygens (including phenoxy) is 2. The maximum atomic E-state index is 12.0. The summed E-state index contributed by atoms with van der Waals surface area (Å²) < 4.78 is 24.4. The van der Waals surface area contributed by atoms with Crippen LogP contribution in [0.25, 0.3) is 0 Å². The number of amides is 1. The largest absolute Gasteiger partial charge is 0.458 e. The minimum Gasteiger partial charge on any atom is -0.458 e. The van der Waals surface area contributed by atoms with E-state index in [1.54, 1.807) is 41.5 Å². The Labute approximate surface area is 117 Å². The molecule has 6 heteroatoms. The van der Waals surface area contributed by atoms with Crippen molar-refractivity contribution in [2.24, 2.45) is 0 Å². The monoisotopic (exact) mass is 277 g/mol. The SMILES string of the molecule is [2H]C([2H])(O)C[C@H](NC(=O)OC(C)(C)C)C(=O)OC(C)(C)C. The molecule has 1 amide bonds. The first-order chi connectivity index (χ1) is 9.09. The lowest BCUT2D eigenvalue weighted by Gasteiger charge is -2.25. The van der Waals surface area contributed by atoms with Crippen LogP contribution >= 0.6 is 0 Å². The Kier molecular flexibility index (Phi) is 5.01. The molecular weight excluding hydrogens is 250 g/mol. The molecule has 0 saturated heterocycles. The van der Waals surface area contributed by atoms with Crippen molar-refractivity contribution in [3.63, 3.8) is 0 Å². The highest BCUT2D eigenvalue weighted by Gasteiger charge is 2.28. The Balaban J connectivity index is 4.91. The summed E-state index contributed by atoms with van der Waals surface area (Å²) >= 11 is 0. The third-order valence-corrected chi connectivity index (χ3v) is 1.68. The maximum Gasteiger partial charge on any atom is 0.408 e. The molecule has 0 spiro atoms. The fourth-order valence-corrected chi connectivity index (χ4v) is 1.11. The van der Waals surface area contributed by atoms with Crippen molar-refractivity contribution in [1.82, 2.24) is 5.32 Å². The van der Waals surface area contributed by atoms with Gasteiger partial charge in [-0.25, -0.2) is 9.59 Å². The van der Waals surface area contributed by atoms with Gasteiger partial charge < -0.3 is 19.9 Å². The number of hydrogen-bond donors (Lipinski definition) is 2. The first kappa shape index (κ1) is 14.1. The fraction of sp³-hybridized carbons (Fsp3) is 0.846. The summed E-state index contributed by atoms with van der Waals surface area (Å²) in [6.45, 7) is 7.26. The number of rotatable bonds is 4. The van der Waals surface area contributed by atoms with Crippen LogP contribution in [-0.2, 0) is 14.3 Å². The fourth-order valence-electron chi connectivity index (χ4n) is 1.11. The Morgan fingerprint density at radius 1 is 1.16 bits per heavy atom. The van der Waals surface area contributed by atoms with Crippen molar-refractivity contribution in [2.75, 3.05) is 6.56 Å². The molecular formula is C13H25NO5. The van der Waals surface area contributed by atoms with E-state index in [-0.39, 0.29) is 0 Å². The highest BCUT2D eigenvalue weighted by Crippen LogP contribution is 2.11. The molecule has 0 aromatic rings. The summed E-state index contributed by atoms with van der Waals surface area (Å²) in [7, 11) is 0. The van der Waals surface area contributed by atoms with E-state index in [0.29, 0.717) is 0 Å². The lowest BCUT2D eigenvalue weighted by Crippen LogP contribution is -2.46. The molecule has 0 saturated carbocycles. The normalized spacial score (nSPS) is 15.9. The second kappa shape index (κ2) is 6.75. The molecule has 0 bridgehead atoms. The molecule has 0 radical (unpaired) electrons. The van der Waals surface area contributed by atoms with Crippen LogP contribution in [0.5, 0.6) is 0 Å². The Hall–Kier alpha value is -1.30. The zero-order valence-corrected chi connectivity index (χ0v) is 12.4. The zero-order chi connectivity index (χ0) is 17.1. The van der Waals surface area contributed by atoms with Crippen LogP contribution in [0, 0.1) is 0 Å². The molecule has 0 heterocycles. The maximum absolute atomic E-state index is 12.0. The summed E-state index contributed by atoms with van der Waals surface area (Å²) in [6, 6.07) is -1.35. The van der Waals surface area contributed by atoms with Crippen LogP contribution < -0.4 is 5.32 Å². The number of hydrogen-bond acceptors (Lipinski definition) is 5. The van der Waals surface area contributed by atoms with Crippen molar-refractivity contribution >= 4 is 12.1 Å². The van der Waals surface area contributed by atoms with E-state index in [9.17, 15) is 14.7 Å². The lowest BCUT2D eigenvalue weighted by atomic mass is 10.1. The molecule has 0 aliphatic rings. The predicted molar refractivity (Wildman–Crippen MR) is 70.7 cm³/mol. The Morgan fingerprint density at radius 3 is 2.00 bits per heavy atom. The van der Waals surface area contributed by atoms with Crippen molar-refractivity contribution in [2.45, 2.75) is 65.2 Å². The first-order valence-corrected chi connectivity index (χ1v) is 6.04. The molecule has 0 aromatic carbocycles. The van der Waals surface area contributed by atoms with Crippen molar-refractivity contribution in [1.29, 1.82) is 0 Å². The molecule has 2 N–H and O–H groups in total. The van der Waals surface area contributed by atoms with Crippen molar-refractivity contribution in [3.05, 3.63) is 0 Å². The van der Waals surface area contributed by atoms with Gasteiger partial charge in [-0.2, -0.15) is 0 Å². The van der Waals surface area contributed by atoms with Crippen LogP contribution in [0.1, 0.15) is 50.7 Å². The Bertz CT molecular complexity index is 379. The average molecular weight is 277 g/mol. The van der Waals surface area contributed by atoms with E-state index in [0.717, 1.165) is 0 Å². The summed E-state index contributed by atoms with van der Waals surface area (Å²) in [5, 5.41) is 11.4. The summed E-state index contributed by atoms with van der Waals surface area (Å²) in [6.07, 6.45) is -1.52. The van der Waals surface area contributed by atoms with E-state index < -0.39 is 42.3 Å². The van der Waals surface area contributed by atoms with Gasteiger partial charge in [0.15, 0.2) is 0 Å². The Morgan fingerprint density at radius 2 is 1.63 bits per heavy atom. The van der Waals surface area contributed by atoms with Gasteiger partial charge in [-0.3, -0.25) is 0 Å². The topological polar surface area (TPSA) is 84.9 Å². The van der Waals surface area contributed by atoms with Crippen LogP contribution in [0.4, 0.5) is 4.79 Å². The zero-order valence-electron chi connectivity index (χ0n) is 14.4. The van der Waals surface area contributed by atoms with Crippen LogP contribution in [0.3, 0.4) is 0 Å². The van der Waals surface area contributed by atoms with Gasteiger partial charge in [0.05, 0.1) is 2.74 Å². The summed E-state index contributed by atoms with van der Waals surface area (Å²) in [5.74, 6) is -0.841. The number of carbonyl (C=O) groups excluding carboxylic acids is 2. The molecule has 0 unspecified atom stereocenters. The van der Waals surface area contributed by atoms with E-state index in [4.69, 9.17) is 12.2 Å². The smallest absolute Gasteiger partial charge is 0.408 e. The van der Waals surface area contributed by atoms with Gasteiger partial charge in [0.25, 0.3) is 0 Å². The van der Waals surface area contributed by atoms with Gasteiger partial charge in [-0.1, -0.05) is 0 Å². The molecule has 6 nitrogen and oxygen atoms in total. The standard InChI is InChI=1S/C13H25NO5/c1-12(2,3)18-10(16)9(7-8-15)14-11(17)19-13(4,5)6/h9,15H,7-8H2,1-6H3,(H,14,17)/t9-/m0/s1/i8D2. The number of carbonyl (C=O) groups is 2. The third-order valence-electron chi connectivity index (χ3n) is 1.68. The molecule has 0 rings (SSSR count). The van der Waals surface area contributed by atoms with E-state index >= 15 is 0 Å². The summed E-state index contributed by atoms with van der Waals surface area (Å²) in [4.78, 5) is 23.6. The molecule has 0 aromatic heterocycles. The van der Waals surface area contributed by atoms with Gasteiger partial charge in [0, 0.05) is 13.0 Å². The first-order valence-electron chi connectivity index (χ1n) is 7.04. The van der Waals surface area contributed by atoms with Crippen molar-refractivity contribution in [3.8, 4) is 0 Å². The van der Waals surface area contributed by atoms with E-state index in [1.165, 1.54) is 0 Å². The van der Waals surface area contributed by atoms with Crippen LogP contribution in [0.2, 0.25) is 0 Å². The number of alkyl carbamates (subject to hydrolysis) is 1. The molecule has 0 aliphatic heterocycles. The van der Waals surface area contributed by atoms with E-state index in [2.05, 4.69) is 5.32 Å². The lowest BCUT2D eigenvalue weighted by molar-refractivity contribution is -0.157. The van der Waals surface area contributed by atoms with Crippen LogP contribution in [-0.4, -0.2) is 41.0 Å². The molecule has 0 aliphatic carbocycles. The second-order valence-electron chi connectivity index (χ2n) is 6.09. The molecule has 19 heavy (non-hydrogen) atoms. The molecule has 1 atom stereocenters. The van der Waals surface area contributed by atoms with Gasteiger partial charge >= 0.3 is 12.1 Å². The van der Waals surface area contributed by atoms with Gasteiger partial charge in [0.2, 0.25) is 0 Å². The third kappa shape index (κ3) is 9.30.